The van der Waals surface area contributed by atoms with Crippen molar-refractivity contribution < 1.29 is 19.1 Å². The van der Waals surface area contributed by atoms with Gasteiger partial charge in [-0.15, -0.1) is 0 Å². The highest BCUT2D eigenvalue weighted by Crippen LogP contribution is 2.32. The highest BCUT2D eigenvalue weighted by Gasteiger charge is 2.17. The molecule has 0 radical (unpaired) electrons. The van der Waals surface area contributed by atoms with E-state index in [1.54, 1.807) is 26.6 Å². The fourth-order valence-corrected chi connectivity index (χ4v) is 5.36. The maximum Gasteiger partial charge on any atom is 0.231 e. The summed E-state index contributed by atoms with van der Waals surface area (Å²) in [5.41, 5.74) is 20.0. The maximum atomic E-state index is 11.6. The van der Waals surface area contributed by atoms with Crippen molar-refractivity contribution in [2.75, 3.05) is 36.3 Å². The standard InChI is InChI=1S/C20H26N4O3.C16H22N4O/c1-11(2)17-9-18(27-6)12(3)7-15(17)8-16-10-21-20(23-14(5)26)24-19(16)22-13(4)25;1-9(2)13-7-14(21-4)10(3)5-11(13)6-12-8-19-16(18)20-15(12)17/h7,9-11H,8H2,1-6H3,(H2,21,22,23,24,25,26);5,7-9H,6H2,1-4H3,(H4,17,18,19,20). The molecule has 0 aliphatic heterocycles. The molecule has 4 aromatic rings. The molecule has 0 bridgehead atoms. The summed E-state index contributed by atoms with van der Waals surface area (Å²) in [6.07, 6.45) is 4.56. The van der Waals surface area contributed by atoms with E-state index in [9.17, 15) is 9.59 Å². The van der Waals surface area contributed by atoms with Gasteiger partial charge in [0, 0.05) is 50.2 Å². The van der Waals surface area contributed by atoms with Crippen LogP contribution in [0.2, 0.25) is 0 Å². The predicted molar refractivity (Wildman–Crippen MR) is 191 cm³/mol. The van der Waals surface area contributed by atoms with Crippen molar-refractivity contribution in [3.8, 4) is 11.5 Å². The molecule has 2 aromatic carbocycles. The van der Waals surface area contributed by atoms with E-state index in [-0.39, 0.29) is 23.7 Å². The molecule has 4 rings (SSSR count). The molecule has 256 valence electrons. The molecule has 0 unspecified atom stereocenters. The van der Waals surface area contributed by atoms with Gasteiger partial charge in [-0.2, -0.15) is 9.97 Å². The second-order valence-corrected chi connectivity index (χ2v) is 12.3. The minimum absolute atomic E-state index is 0.157. The van der Waals surface area contributed by atoms with E-state index in [2.05, 4.69) is 82.5 Å². The summed E-state index contributed by atoms with van der Waals surface area (Å²) in [5.74, 6) is 3.13. The van der Waals surface area contributed by atoms with Gasteiger partial charge in [0.1, 0.15) is 23.1 Å². The van der Waals surface area contributed by atoms with Gasteiger partial charge in [0.05, 0.1) is 14.2 Å². The van der Waals surface area contributed by atoms with Gasteiger partial charge < -0.3 is 26.3 Å². The minimum atomic E-state index is -0.274. The molecule has 0 saturated carbocycles. The van der Waals surface area contributed by atoms with Crippen LogP contribution in [-0.4, -0.2) is 46.0 Å². The zero-order valence-electron chi connectivity index (χ0n) is 29.6. The number of nitrogens with one attached hydrogen (secondary N) is 2. The van der Waals surface area contributed by atoms with Crippen molar-refractivity contribution in [3.05, 3.63) is 81.2 Å². The third kappa shape index (κ3) is 9.87. The number of nitrogen functional groups attached to an aromatic ring is 2. The fourth-order valence-electron chi connectivity index (χ4n) is 5.36. The quantitative estimate of drug-likeness (QED) is 0.156. The van der Waals surface area contributed by atoms with E-state index in [0.29, 0.717) is 36.3 Å². The van der Waals surface area contributed by atoms with Crippen molar-refractivity contribution in [2.45, 2.75) is 80.1 Å². The molecule has 12 heteroatoms. The largest absolute Gasteiger partial charge is 0.496 e. The number of ether oxygens (including phenoxy) is 2. The number of amides is 2. The Morgan fingerprint density at radius 1 is 0.708 bits per heavy atom. The van der Waals surface area contributed by atoms with E-state index < -0.39 is 0 Å². The number of nitrogens with zero attached hydrogens (tertiary/aromatic N) is 4. The number of benzene rings is 2. The van der Waals surface area contributed by atoms with Crippen LogP contribution in [0.15, 0.2) is 36.7 Å². The summed E-state index contributed by atoms with van der Waals surface area (Å²) in [6, 6.07) is 8.39. The number of hydrogen-bond acceptors (Lipinski definition) is 10. The molecule has 2 aromatic heterocycles. The van der Waals surface area contributed by atoms with Crippen LogP contribution in [0.25, 0.3) is 0 Å². The van der Waals surface area contributed by atoms with Gasteiger partial charge in [0.2, 0.25) is 23.7 Å². The topological polar surface area (TPSA) is 180 Å². The SMILES string of the molecule is COc1cc(C(C)C)c(Cc2cnc(N)nc2N)cc1C.COc1cc(C(C)C)c(Cc2cnc(NC(C)=O)nc2NC(C)=O)cc1C. The molecule has 0 spiro atoms. The average Bonchev–Trinajstić information content (AvgIpc) is 2.99. The fraction of sp³-hybridized carbons (Fsp3) is 0.389. The molecule has 48 heavy (non-hydrogen) atoms. The smallest absolute Gasteiger partial charge is 0.231 e. The Labute approximate surface area is 283 Å². The molecule has 12 nitrogen and oxygen atoms in total. The number of anilines is 4. The summed E-state index contributed by atoms with van der Waals surface area (Å²) in [5, 5.41) is 5.26. The van der Waals surface area contributed by atoms with E-state index in [1.165, 1.54) is 25.0 Å². The van der Waals surface area contributed by atoms with Gasteiger partial charge in [-0.25, -0.2) is 9.97 Å². The number of methoxy groups -OCH3 is 2. The average molecular weight is 657 g/mol. The first-order valence-corrected chi connectivity index (χ1v) is 15.8. The first-order valence-electron chi connectivity index (χ1n) is 15.8. The third-order valence-corrected chi connectivity index (χ3v) is 7.68. The van der Waals surface area contributed by atoms with Gasteiger partial charge in [0.15, 0.2) is 0 Å². The molecular formula is C36H48N8O4. The summed E-state index contributed by atoms with van der Waals surface area (Å²) in [6.45, 7) is 15.4. The van der Waals surface area contributed by atoms with Gasteiger partial charge >= 0.3 is 0 Å². The number of aryl methyl sites for hydroxylation is 2. The van der Waals surface area contributed by atoms with E-state index >= 15 is 0 Å². The van der Waals surface area contributed by atoms with Gasteiger partial charge in [0.25, 0.3) is 0 Å². The van der Waals surface area contributed by atoms with Crippen LogP contribution in [0, 0.1) is 13.8 Å². The first-order chi connectivity index (χ1) is 22.6. The Balaban J connectivity index is 0.000000269. The van der Waals surface area contributed by atoms with Crippen LogP contribution in [0.5, 0.6) is 11.5 Å². The molecule has 2 amide bonds. The van der Waals surface area contributed by atoms with Crippen LogP contribution in [0.3, 0.4) is 0 Å². The summed E-state index contributed by atoms with van der Waals surface area (Å²) in [4.78, 5) is 39.4. The highest BCUT2D eigenvalue weighted by atomic mass is 16.5. The second kappa shape index (κ2) is 16.5. The second-order valence-electron chi connectivity index (χ2n) is 12.3. The van der Waals surface area contributed by atoms with Crippen LogP contribution >= 0.6 is 0 Å². The van der Waals surface area contributed by atoms with Crippen molar-refractivity contribution in [1.29, 1.82) is 0 Å². The Hall–Kier alpha value is -5.26. The molecule has 0 saturated heterocycles. The van der Waals surface area contributed by atoms with E-state index in [1.807, 2.05) is 13.8 Å². The Bertz CT molecular complexity index is 1770. The third-order valence-electron chi connectivity index (χ3n) is 7.68. The zero-order valence-corrected chi connectivity index (χ0v) is 29.6. The lowest BCUT2D eigenvalue weighted by Gasteiger charge is -2.18. The maximum absolute atomic E-state index is 11.6. The van der Waals surface area contributed by atoms with E-state index in [4.69, 9.17) is 20.9 Å². The number of hydrogen-bond donors (Lipinski definition) is 4. The predicted octanol–water partition coefficient (Wildman–Crippen LogP) is 6.10. The lowest BCUT2D eigenvalue weighted by Crippen LogP contribution is -2.15. The molecule has 0 fully saturated rings. The highest BCUT2D eigenvalue weighted by molar-refractivity contribution is 5.90. The normalized spacial score (nSPS) is 10.8. The Kier molecular flexibility index (Phi) is 12.8. The molecule has 0 aliphatic carbocycles. The van der Waals surface area contributed by atoms with Crippen LogP contribution in [-0.2, 0) is 22.4 Å². The lowest BCUT2D eigenvalue weighted by molar-refractivity contribution is -0.115. The lowest BCUT2D eigenvalue weighted by atomic mass is 9.91. The van der Waals surface area contributed by atoms with Crippen LogP contribution < -0.4 is 31.6 Å². The molecule has 6 N–H and O–H groups in total. The number of carbonyl (C=O) groups is 2. The molecule has 0 atom stereocenters. The molecule has 2 heterocycles. The van der Waals surface area contributed by atoms with Gasteiger partial charge in [-0.1, -0.05) is 39.8 Å². The summed E-state index contributed by atoms with van der Waals surface area (Å²) in [7, 11) is 3.35. The first kappa shape index (κ1) is 37.2. The zero-order chi connectivity index (χ0) is 35.7. The van der Waals surface area contributed by atoms with E-state index in [0.717, 1.165) is 44.9 Å². The minimum Gasteiger partial charge on any atom is -0.496 e. The number of nitrogens with two attached hydrogens (primary N) is 2. The summed E-state index contributed by atoms with van der Waals surface area (Å²) >= 11 is 0. The summed E-state index contributed by atoms with van der Waals surface area (Å²) < 4.78 is 10.9. The van der Waals surface area contributed by atoms with Crippen LogP contribution in [0.1, 0.15) is 97.9 Å². The Morgan fingerprint density at radius 3 is 1.62 bits per heavy atom. The van der Waals surface area contributed by atoms with Gasteiger partial charge in [-0.3, -0.25) is 14.9 Å². The monoisotopic (exact) mass is 656 g/mol. The molecular weight excluding hydrogens is 608 g/mol. The molecule has 0 aliphatic rings. The van der Waals surface area contributed by atoms with Crippen molar-refractivity contribution >= 4 is 35.3 Å². The number of carbonyl (C=O) groups excluding carboxylic acids is 2. The van der Waals surface area contributed by atoms with Crippen molar-refractivity contribution in [1.82, 2.24) is 19.9 Å². The number of rotatable bonds is 10. The Morgan fingerprint density at radius 2 is 1.19 bits per heavy atom. The van der Waals surface area contributed by atoms with Crippen LogP contribution in [0.4, 0.5) is 23.5 Å². The number of aromatic nitrogens is 4. The van der Waals surface area contributed by atoms with Crippen molar-refractivity contribution in [3.63, 3.8) is 0 Å². The van der Waals surface area contributed by atoms with Crippen molar-refractivity contribution in [2.24, 2.45) is 0 Å². The van der Waals surface area contributed by atoms with Gasteiger partial charge in [-0.05, 0) is 71.2 Å².